The van der Waals surface area contributed by atoms with Gasteiger partial charge in [-0.25, -0.2) is 0 Å². The fourth-order valence-electron chi connectivity index (χ4n) is 2.10. The summed E-state index contributed by atoms with van der Waals surface area (Å²) in [6.07, 6.45) is -16.6. The van der Waals surface area contributed by atoms with Gasteiger partial charge in [-0.2, -0.15) is 105 Å². The summed E-state index contributed by atoms with van der Waals surface area (Å²) in [5.74, 6) is -69.7. The molecule has 0 saturated carbocycles. The molecule has 0 rings (SSSR count). The van der Waals surface area contributed by atoms with Gasteiger partial charge in [0.25, 0.3) is 0 Å². The third-order valence-electron chi connectivity index (χ3n) is 4.38. The fraction of sp³-hybridized carbons (Fsp3) is 0.867. The van der Waals surface area contributed by atoms with E-state index in [1.54, 1.807) is 0 Å². The molecule has 0 nitrogen and oxygen atoms in total. The van der Waals surface area contributed by atoms with Crippen molar-refractivity contribution >= 4 is 12.6 Å². The Kier molecular flexibility index (Phi) is 9.31. The highest BCUT2D eigenvalue weighted by molar-refractivity contribution is 7.80. The van der Waals surface area contributed by atoms with E-state index in [1.807, 2.05) is 0 Å². The number of rotatable bonds is 12. The smallest absolute Gasteiger partial charge is 0.200 e. The first-order chi connectivity index (χ1) is 15.8. The average Bonchev–Trinajstić information content (AvgIpc) is 2.69. The van der Waals surface area contributed by atoms with Gasteiger partial charge in [-0.3, -0.25) is 0 Å². The average molecular weight is 620 g/mol. The molecular formula is C15H9F21S. The van der Waals surface area contributed by atoms with Crippen LogP contribution in [0.3, 0.4) is 0 Å². The molecule has 0 heterocycles. The quantitative estimate of drug-likeness (QED) is 0.126. The number of allylic oxidation sites excluding steroid dienone is 2. The highest BCUT2D eigenvalue weighted by Crippen LogP contribution is 2.61. The summed E-state index contributed by atoms with van der Waals surface area (Å²) >= 11 is 3.18. The van der Waals surface area contributed by atoms with Gasteiger partial charge in [0.05, 0.1) is 0 Å². The van der Waals surface area contributed by atoms with E-state index < -0.39 is 90.2 Å². The summed E-state index contributed by atoms with van der Waals surface area (Å²) in [7, 11) is 0. The topological polar surface area (TPSA) is 0 Å². The Morgan fingerprint density at radius 3 is 1.00 bits per heavy atom. The predicted molar refractivity (Wildman–Crippen MR) is 82.8 cm³/mol. The zero-order chi connectivity index (χ0) is 30.5. The summed E-state index contributed by atoms with van der Waals surface area (Å²) in [5, 5.41) is 0. The van der Waals surface area contributed by atoms with Crippen LogP contribution in [0, 0.1) is 0 Å². The van der Waals surface area contributed by atoms with E-state index >= 15 is 0 Å². The number of hydrogen-bond donors (Lipinski definition) is 1. The lowest BCUT2D eigenvalue weighted by atomic mass is 9.89. The first-order valence-corrected chi connectivity index (χ1v) is 9.18. The molecule has 0 aromatic rings. The molecule has 0 saturated heterocycles. The van der Waals surface area contributed by atoms with Crippen LogP contribution in [0.5, 0.6) is 0 Å². The van der Waals surface area contributed by atoms with Gasteiger partial charge in [0.2, 0.25) is 0 Å². The molecule has 0 N–H and O–H groups in total. The lowest BCUT2D eigenvalue weighted by Gasteiger charge is -2.41. The minimum Gasteiger partial charge on any atom is -0.200 e. The van der Waals surface area contributed by atoms with E-state index in [-0.39, 0.29) is 0 Å². The molecule has 222 valence electrons. The summed E-state index contributed by atoms with van der Waals surface area (Å²) < 4.78 is 275. The number of alkyl halides is 21. The van der Waals surface area contributed by atoms with Crippen LogP contribution in [-0.4, -0.2) is 65.2 Å². The molecule has 0 atom stereocenters. The molecule has 0 aromatic carbocycles. The van der Waals surface area contributed by atoms with E-state index in [9.17, 15) is 92.2 Å². The Morgan fingerprint density at radius 2 is 0.703 bits per heavy atom. The number of thiol groups is 1. The Balaban J connectivity index is 6.63. The van der Waals surface area contributed by atoms with Crippen LogP contribution in [0.1, 0.15) is 12.8 Å². The van der Waals surface area contributed by atoms with Crippen molar-refractivity contribution in [2.45, 2.75) is 72.3 Å². The molecule has 37 heavy (non-hydrogen) atoms. The van der Waals surface area contributed by atoms with Crippen molar-refractivity contribution in [3.8, 4) is 0 Å². The van der Waals surface area contributed by atoms with Gasteiger partial charge in [0.1, 0.15) is 0 Å². The van der Waals surface area contributed by atoms with Gasteiger partial charge in [0, 0.05) is 6.42 Å². The maximum atomic E-state index is 13.6. The third-order valence-corrected chi connectivity index (χ3v) is 4.70. The van der Waals surface area contributed by atoms with E-state index in [0.29, 0.717) is 0 Å². The van der Waals surface area contributed by atoms with Gasteiger partial charge >= 0.3 is 59.5 Å². The molecule has 0 aromatic heterocycles. The molecule has 0 amide bonds. The summed E-state index contributed by atoms with van der Waals surface area (Å²) in [6, 6.07) is 0. The maximum Gasteiger partial charge on any atom is 0.460 e. The van der Waals surface area contributed by atoms with Crippen molar-refractivity contribution in [3.63, 3.8) is 0 Å². The minimum absolute atomic E-state index is 0.807. The Hall–Kier alpha value is -1.38. The van der Waals surface area contributed by atoms with Gasteiger partial charge in [0.15, 0.2) is 0 Å². The zero-order valence-electron chi connectivity index (χ0n) is 16.7. The molecule has 0 fully saturated rings. The van der Waals surface area contributed by atoms with Crippen LogP contribution in [0.2, 0.25) is 0 Å². The Labute approximate surface area is 196 Å². The lowest BCUT2D eigenvalue weighted by Crippen LogP contribution is -2.70. The molecule has 0 bridgehead atoms. The van der Waals surface area contributed by atoms with Crippen LogP contribution in [0.15, 0.2) is 12.2 Å². The van der Waals surface area contributed by atoms with E-state index in [4.69, 9.17) is 0 Å². The second kappa shape index (κ2) is 9.67. The predicted octanol–water partition coefficient (Wildman–Crippen LogP) is 8.53. The van der Waals surface area contributed by atoms with Gasteiger partial charge in [-0.1, -0.05) is 0 Å². The molecule has 0 aliphatic rings. The molecule has 0 spiro atoms. The standard InChI is InChI=1S/C15H9F21S/c16-6(17,2-1-5-37)9(22,23)12(28,29)13(30,31)10(24,25)7(18,19)3-4-8(20,21)11(26,27)14(32,33)15(34,35)36/h3-4,37H,1-2,5H2. The molecule has 0 aliphatic heterocycles. The Morgan fingerprint density at radius 1 is 0.405 bits per heavy atom. The molecule has 0 aliphatic carbocycles. The maximum absolute atomic E-state index is 13.6. The van der Waals surface area contributed by atoms with Gasteiger partial charge < -0.3 is 0 Å². The van der Waals surface area contributed by atoms with Crippen molar-refractivity contribution in [3.05, 3.63) is 12.2 Å². The fourth-order valence-corrected chi connectivity index (χ4v) is 2.26. The van der Waals surface area contributed by atoms with Crippen LogP contribution in [0.25, 0.3) is 0 Å². The van der Waals surface area contributed by atoms with Crippen molar-refractivity contribution < 1.29 is 92.2 Å². The third kappa shape index (κ3) is 5.40. The molecule has 0 unspecified atom stereocenters. The van der Waals surface area contributed by atoms with Crippen LogP contribution >= 0.6 is 12.6 Å². The first kappa shape index (κ1) is 35.6. The van der Waals surface area contributed by atoms with Crippen LogP contribution < -0.4 is 0 Å². The summed E-state index contributed by atoms with van der Waals surface area (Å²) in [5.41, 5.74) is 0. The second-order valence-corrected chi connectivity index (χ2v) is 7.50. The SMILES string of the molecule is FC(F)(F)C(F)(F)C(F)(F)C(F)(F)C=CC(F)(F)C(F)(F)C(F)(F)C(F)(F)C(F)(F)C(F)(F)CCCS. The van der Waals surface area contributed by atoms with E-state index in [1.165, 1.54) is 0 Å². The van der Waals surface area contributed by atoms with Crippen LogP contribution in [-0.2, 0) is 0 Å². The minimum atomic E-state index is -8.34. The lowest BCUT2D eigenvalue weighted by molar-refractivity contribution is -0.420. The van der Waals surface area contributed by atoms with E-state index in [2.05, 4.69) is 12.6 Å². The van der Waals surface area contributed by atoms with Crippen molar-refractivity contribution in [1.29, 1.82) is 0 Å². The first-order valence-electron chi connectivity index (χ1n) is 8.55. The zero-order valence-corrected chi connectivity index (χ0v) is 17.6. The van der Waals surface area contributed by atoms with Crippen molar-refractivity contribution in [1.82, 2.24) is 0 Å². The summed E-state index contributed by atoms with van der Waals surface area (Å²) in [6.45, 7) is 0. The summed E-state index contributed by atoms with van der Waals surface area (Å²) in [4.78, 5) is 0. The highest BCUT2D eigenvalue weighted by atomic mass is 32.1. The molecule has 0 radical (unpaired) electrons. The van der Waals surface area contributed by atoms with Gasteiger partial charge in [-0.05, 0) is 24.3 Å². The highest BCUT2D eigenvalue weighted by Gasteiger charge is 2.89. The van der Waals surface area contributed by atoms with Crippen molar-refractivity contribution in [2.24, 2.45) is 0 Å². The Bertz CT molecular complexity index is 820. The molecule has 22 heteroatoms. The van der Waals surface area contributed by atoms with E-state index in [0.717, 1.165) is 0 Å². The second-order valence-electron chi connectivity index (χ2n) is 7.05. The number of hydrogen-bond acceptors (Lipinski definition) is 1. The largest absolute Gasteiger partial charge is 0.460 e. The number of halogens is 21. The van der Waals surface area contributed by atoms with Gasteiger partial charge in [-0.15, -0.1) is 0 Å². The normalized spacial score (nSPS) is 16.6. The monoisotopic (exact) mass is 620 g/mol. The van der Waals surface area contributed by atoms with Crippen molar-refractivity contribution in [2.75, 3.05) is 5.75 Å². The van der Waals surface area contributed by atoms with Crippen LogP contribution in [0.4, 0.5) is 92.2 Å². The molecular weight excluding hydrogens is 611 g/mol.